The molecule has 10 heteroatoms. The summed E-state index contributed by atoms with van der Waals surface area (Å²) < 4.78 is 48.5. The lowest BCUT2D eigenvalue weighted by atomic mass is 10.2. The van der Waals surface area contributed by atoms with Crippen molar-refractivity contribution in [3.63, 3.8) is 0 Å². The minimum Gasteiger partial charge on any atom is -0.492 e. The summed E-state index contributed by atoms with van der Waals surface area (Å²) in [6.45, 7) is 0.234. The highest BCUT2D eigenvalue weighted by Gasteiger charge is 2.30. The lowest BCUT2D eigenvalue weighted by Gasteiger charge is -2.10. The molecule has 6 nitrogen and oxygen atoms in total. The van der Waals surface area contributed by atoms with E-state index in [-0.39, 0.29) is 31.2 Å². The maximum atomic E-state index is 12.7. The van der Waals surface area contributed by atoms with Gasteiger partial charge in [-0.25, -0.2) is 0 Å². The average Bonchev–Trinajstić information content (AvgIpc) is 3.20. The van der Waals surface area contributed by atoms with Crippen molar-refractivity contribution in [1.82, 2.24) is 15.5 Å². The molecule has 3 aromatic rings. The van der Waals surface area contributed by atoms with Crippen LogP contribution in [0.4, 0.5) is 13.2 Å². The first-order valence-corrected chi connectivity index (χ1v) is 9.84. The van der Waals surface area contributed by atoms with Crippen LogP contribution < -0.4 is 10.1 Å². The van der Waals surface area contributed by atoms with Crippen molar-refractivity contribution in [3.05, 3.63) is 65.0 Å². The number of ether oxygens (including phenoxy) is 1. The largest absolute Gasteiger partial charge is 0.492 e. The van der Waals surface area contributed by atoms with Crippen molar-refractivity contribution >= 4 is 17.5 Å². The number of aryl methyl sites for hydroxylation is 1. The van der Waals surface area contributed by atoms with Gasteiger partial charge >= 0.3 is 6.18 Å². The fourth-order valence-corrected chi connectivity index (χ4v) is 2.81. The van der Waals surface area contributed by atoms with Crippen LogP contribution in [0.25, 0.3) is 11.4 Å². The van der Waals surface area contributed by atoms with Crippen molar-refractivity contribution in [2.45, 2.75) is 25.4 Å². The molecule has 164 valence electrons. The van der Waals surface area contributed by atoms with E-state index in [0.29, 0.717) is 29.6 Å². The molecule has 3 rings (SSSR count). The Kier molecular flexibility index (Phi) is 7.51. The first-order valence-electron chi connectivity index (χ1n) is 9.46. The molecule has 1 aromatic heterocycles. The molecule has 0 radical (unpaired) electrons. The molecule has 1 N–H and O–H groups in total. The molecule has 0 fully saturated rings. The van der Waals surface area contributed by atoms with Gasteiger partial charge in [0.05, 0.1) is 12.1 Å². The van der Waals surface area contributed by atoms with Crippen LogP contribution in [0.3, 0.4) is 0 Å². The van der Waals surface area contributed by atoms with E-state index in [1.165, 1.54) is 12.1 Å². The molecular weight excluding hydrogens is 435 g/mol. The first kappa shape index (κ1) is 22.6. The second-order valence-corrected chi connectivity index (χ2v) is 7.03. The number of carbonyl (C=O) groups excluding carboxylic acids is 1. The molecular formula is C21H19ClF3N3O3. The molecule has 0 saturated heterocycles. The highest BCUT2D eigenvalue weighted by molar-refractivity contribution is 6.30. The first-order chi connectivity index (χ1) is 14.8. The lowest BCUT2D eigenvalue weighted by Crippen LogP contribution is -2.27. The summed E-state index contributed by atoms with van der Waals surface area (Å²) >= 11 is 5.85. The Bertz CT molecular complexity index is 1010. The minimum absolute atomic E-state index is 0.0567. The number of amides is 1. The van der Waals surface area contributed by atoms with Crippen LogP contribution >= 0.6 is 11.6 Å². The van der Waals surface area contributed by atoms with Crippen molar-refractivity contribution in [1.29, 1.82) is 0 Å². The Hall–Kier alpha value is -3.07. The van der Waals surface area contributed by atoms with E-state index in [4.69, 9.17) is 20.9 Å². The predicted molar refractivity (Wildman–Crippen MR) is 108 cm³/mol. The van der Waals surface area contributed by atoms with Gasteiger partial charge in [-0.2, -0.15) is 18.2 Å². The molecule has 0 bridgehead atoms. The summed E-state index contributed by atoms with van der Waals surface area (Å²) in [5.74, 6) is 0.760. The number of nitrogens with zero attached hydrogens (tertiary/aromatic N) is 2. The molecule has 0 unspecified atom stereocenters. The van der Waals surface area contributed by atoms with Crippen LogP contribution in [-0.4, -0.2) is 29.2 Å². The number of nitrogens with one attached hydrogen (secondary N) is 1. The third-order valence-electron chi connectivity index (χ3n) is 4.22. The SMILES string of the molecule is O=C(CCCc1nc(-c2ccc(Cl)cc2)no1)NCCOc1cccc(C(F)(F)F)c1. The second kappa shape index (κ2) is 10.3. The lowest BCUT2D eigenvalue weighted by molar-refractivity contribution is -0.137. The van der Waals surface area contributed by atoms with Crippen LogP contribution in [0.1, 0.15) is 24.3 Å². The highest BCUT2D eigenvalue weighted by atomic mass is 35.5. The topological polar surface area (TPSA) is 77.2 Å². The number of rotatable bonds is 9. The van der Waals surface area contributed by atoms with Crippen molar-refractivity contribution in [3.8, 4) is 17.1 Å². The summed E-state index contributed by atoms with van der Waals surface area (Å²) in [6, 6.07) is 11.6. The number of benzene rings is 2. The molecule has 2 aromatic carbocycles. The Labute approximate surface area is 181 Å². The quantitative estimate of drug-likeness (QED) is 0.465. The molecule has 0 aliphatic carbocycles. The van der Waals surface area contributed by atoms with Gasteiger partial charge in [-0.05, 0) is 48.9 Å². The summed E-state index contributed by atoms with van der Waals surface area (Å²) in [6.07, 6.45) is -3.25. The number of hydrogen-bond acceptors (Lipinski definition) is 5. The van der Waals surface area contributed by atoms with E-state index in [1.807, 2.05) is 0 Å². The van der Waals surface area contributed by atoms with Crippen LogP contribution in [0.15, 0.2) is 53.1 Å². The van der Waals surface area contributed by atoms with E-state index in [1.54, 1.807) is 24.3 Å². The van der Waals surface area contributed by atoms with Crippen LogP contribution in [0.5, 0.6) is 5.75 Å². The van der Waals surface area contributed by atoms with Gasteiger partial charge in [0.2, 0.25) is 17.6 Å². The Morgan fingerprint density at radius 1 is 1.16 bits per heavy atom. The van der Waals surface area contributed by atoms with Crippen LogP contribution in [0.2, 0.25) is 5.02 Å². The molecule has 0 aliphatic rings. The molecule has 0 saturated carbocycles. The maximum Gasteiger partial charge on any atom is 0.416 e. The Balaban J connectivity index is 1.34. The number of halogens is 4. The fourth-order valence-electron chi connectivity index (χ4n) is 2.68. The molecule has 0 spiro atoms. The predicted octanol–water partition coefficient (Wildman–Crippen LogP) is 4.93. The Morgan fingerprint density at radius 3 is 2.68 bits per heavy atom. The van der Waals surface area contributed by atoms with Crippen molar-refractivity contribution in [2.75, 3.05) is 13.2 Å². The summed E-state index contributed by atoms with van der Waals surface area (Å²) in [5, 5.41) is 7.17. The molecule has 31 heavy (non-hydrogen) atoms. The van der Waals surface area contributed by atoms with E-state index in [2.05, 4.69) is 15.5 Å². The fraction of sp³-hybridized carbons (Fsp3) is 0.286. The van der Waals surface area contributed by atoms with Crippen molar-refractivity contribution < 1.29 is 27.2 Å². The van der Waals surface area contributed by atoms with Gasteiger partial charge in [-0.1, -0.05) is 22.8 Å². The van der Waals surface area contributed by atoms with E-state index < -0.39 is 11.7 Å². The van der Waals surface area contributed by atoms with Gasteiger partial charge in [0.1, 0.15) is 12.4 Å². The number of alkyl halides is 3. The van der Waals surface area contributed by atoms with Gasteiger partial charge in [-0.15, -0.1) is 0 Å². The third-order valence-corrected chi connectivity index (χ3v) is 4.47. The monoisotopic (exact) mass is 453 g/mol. The zero-order valence-corrected chi connectivity index (χ0v) is 17.0. The van der Waals surface area contributed by atoms with Gasteiger partial charge in [0.15, 0.2) is 0 Å². The van der Waals surface area contributed by atoms with E-state index >= 15 is 0 Å². The third kappa shape index (κ3) is 6.99. The highest BCUT2D eigenvalue weighted by Crippen LogP contribution is 2.31. The van der Waals surface area contributed by atoms with Crippen LogP contribution in [-0.2, 0) is 17.4 Å². The summed E-state index contributed by atoms with van der Waals surface area (Å²) in [5.41, 5.74) is -0.00723. The van der Waals surface area contributed by atoms with Gasteiger partial charge in [0, 0.05) is 23.4 Å². The summed E-state index contributed by atoms with van der Waals surface area (Å²) in [7, 11) is 0. The number of carbonyl (C=O) groups is 1. The van der Waals surface area contributed by atoms with Gasteiger partial charge < -0.3 is 14.6 Å². The summed E-state index contributed by atoms with van der Waals surface area (Å²) in [4.78, 5) is 16.2. The molecule has 0 aliphatic heterocycles. The Morgan fingerprint density at radius 2 is 1.94 bits per heavy atom. The molecule has 1 amide bonds. The maximum absolute atomic E-state index is 12.7. The van der Waals surface area contributed by atoms with Gasteiger partial charge in [0.25, 0.3) is 0 Å². The molecule has 1 heterocycles. The van der Waals surface area contributed by atoms with Gasteiger partial charge in [-0.3, -0.25) is 4.79 Å². The zero-order valence-electron chi connectivity index (χ0n) is 16.3. The van der Waals surface area contributed by atoms with Crippen LogP contribution in [0, 0.1) is 0 Å². The van der Waals surface area contributed by atoms with E-state index in [9.17, 15) is 18.0 Å². The zero-order chi connectivity index (χ0) is 22.3. The molecule has 0 atom stereocenters. The average molecular weight is 454 g/mol. The number of aromatic nitrogens is 2. The standard InChI is InChI=1S/C21H19ClF3N3O3/c22-16-9-7-14(8-10-16)20-27-19(31-28-20)6-2-5-18(29)26-11-12-30-17-4-1-3-15(13-17)21(23,24)25/h1,3-4,7-10,13H,2,5-6,11-12H2,(H,26,29). The van der Waals surface area contributed by atoms with E-state index in [0.717, 1.165) is 17.7 Å². The van der Waals surface area contributed by atoms with Crippen molar-refractivity contribution in [2.24, 2.45) is 0 Å². The smallest absolute Gasteiger partial charge is 0.416 e. The number of hydrogen-bond donors (Lipinski definition) is 1. The minimum atomic E-state index is -4.43. The normalized spacial score (nSPS) is 11.4. The second-order valence-electron chi connectivity index (χ2n) is 6.60.